The molecule has 11 heteroatoms. The molecule has 3 rings (SSSR count). The van der Waals surface area contributed by atoms with Gasteiger partial charge < -0.3 is 51.1 Å². The van der Waals surface area contributed by atoms with Crippen molar-refractivity contribution in [3.63, 3.8) is 0 Å². The lowest BCUT2D eigenvalue weighted by atomic mass is 9.54. The second-order valence-electron chi connectivity index (χ2n) is 9.33. The van der Waals surface area contributed by atoms with Crippen molar-refractivity contribution in [2.75, 3.05) is 0 Å². The molecule has 1 aromatic rings. The van der Waals surface area contributed by atoms with Crippen LogP contribution < -0.4 is 0 Å². The Hall–Kier alpha value is -1.53. The van der Waals surface area contributed by atoms with Gasteiger partial charge in [-0.15, -0.1) is 0 Å². The molecule has 0 saturated heterocycles. The molecule has 3 unspecified atom stereocenters. The zero-order valence-corrected chi connectivity index (χ0v) is 17.8. The van der Waals surface area contributed by atoms with Gasteiger partial charge in [0, 0.05) is 11.0 Å². The third kappa shape index (κ3) is 3.80. The van der Waals surface area contributed by atoms with Crippen molar-refractivity contribution in [1.29, 1.82) is 0 Å². The maximum Gasteiger partial charge on any atom is 0.279 e. The highest BCUT2D eigenvalue weighted by Gasteiger charge is 2.73. The Bertz CT molecular complexity index is 804. The average Bonchev–Trinajstić information content (AvgIpc) is 3.35. The van der Waals surface area contributed by atoms with Crippen molar-refractivity contribution in [2.24, 2.45) is 29.6 Å². The molecule has 10 nitrogen and oxygen atoms in total. The van der Waals surface area contributed by atoms with Crippen molar-refractivity contribution < 1.29 is 51.1 Å². The van der Waals surface area contributed by atoms with Gasteiger partial charge in [0.05, 0.1) is 11.8 Å². The molecule has 3 atom stereocenters. The van der Waals surface area contributed by atoms with Crippen LogP contribution in [-0.4, -0.2) is 63.0 Å². The molecule has 2 fully saturated rings. The van der Waals surface area contributed by atoms with E-state index >= 15 is 0 Å². The van der Waals surface area contributed by atoms with Crippen LogP contribution in [0.3, 0.4) is 0 Å². The van der Waals surface area contributed by atoms with Crippen molar-refractivity contribution in [2.45, 2.75) is 56.9 Å². The summed E-state index contributed by atoms with van der Waals surface area (Å²) in [5, 5.41) is 99.6. The fraction of sp³-hybridized carbons (Fsp3) is 0.700. The molecule has 0 spiro atoms. The highest BCUT2D eigenvalue weighted by molar-refractivity contribution is 6.34. The Balaban J connectivity index is 2.20. The van der Waals surface area contributed by atoms with Crippen LogP contribution in [0.4, 0.5) is 0 Å². The summed E-state index contributed by atoms with van der Waals surface area (Å²) in [6.45, 7) is 3.69. The lowest BCUT2D eigenvalue weighted by molar-refractivity contribution is -0.359. The van der Waals surface area contributed by atoms with E-state index in [4.69, 9.17) is 11.6 Å². The van der Waals surface area contributed by atoms with Gasteiger partial charge >= 0.3 is 0 Å². The second kappa shape index (κ2) is 7.51. The highest BCUT2D eigenvalue weighted by Crippen LogP contribution is 2.69. The molecule has 0 amide bonds. The first-order chi connectivity index (χ1) is 14.1. The molecular weight excluding hydrogens is 436 g/mol. The predicted molar refractivity (Wildman–Crippen MR) is 106 cm³/mol. The highest BCUT2D eigenvalue weighted by atomic mass is 35.5. The van der Waals surface area contributed by atoms with E-state index in [1.54, 1.807) is 0 Å². The van der Waals surface area contributed by atoms with Crippen LogP contribution in [0.5, 0.6) is 23.0 Å². The number of hydrogen-bond acceptors (Lipinski definition) is 10. The van der Waals surface area contributed by atoms with Crippen LogP contribution in [0.15, 0.2) is 0 Å². The summed E-state index contributed by atoms with van der Waals surface area (Å²) in [6, 6.07) is 0. The summed E-state index contributed by atoms with van der Waals surface area (Å²) in [5.41, 5.74) is -1.35. The molecule has 2 saturated carbocycles. The number of phenolic OH excluding ortho intramolecular Hbond substituents is 4. The Kier molecular flexibility index (Phi) is 5.85. The van der Waals surface area contributed by atoms with E-state index < -0.39 is 69.1 Å². The smallest absolute Gasteiger partial charge is 0.279 e. The van der Waals surface area contributed by atoms with Crippen LogP contribution in [-0.2, 0) is 5.41 Å². The zero-order chi connectivity index (χ0) is 23.7. The van der Waals surface area contributed by atoms with Gasteiger partial charge in [-0.2, -0.15) is 0 Å². The maximum atomic E-state index is 10.6. The minimum absolute atomic E-state index is 0.0425. The van der Waals surface area contributed by atoms with Gasteiger partial charge in [-0.25, -0.2) is 0 Å². The predicted octanol–water partition coefficient (Wildman–Crippen LogP) is 0.370. The van der Waals surface area contributed by atoms with Gasteiger partial charge in [0.1, 0.15) is 5.02 Å². The Morgan fingerprint density at radius 3 is 1.55 bits per heavy atom. The summed E-state index contributed by atoms with van der Waals surface area (Å²) in [6.07, 6.45) is 1.57. The van der Waals surface area contributed by atoms with Gasteiger partial charge in [0.15, 0.2) is 23.0 Å². The van der Waals surface area contributed by atoms with Crippen LogP contribution >= 0.6 is 11.6 Å². The summed E-state index contributed by atoms with van der Waals surface area (Å²) in [5.74, 6) is -14.8. The Morgan fingerprint density at radius 2 is 1.26 bits per heavy atom. The van der Waals surface area contributed by atoms with Crippen LogP contribution in [0.25, 0.3) is 0 Å². The largest absolute Gasteiger partial charge is 0.504 e. The van der Waals surface area contributed by atoms with Crippen molar-refractivity contribution in [3.8, 4) is 23.0 Å². The van der Waals surface area contributed by atoms with E-state index in [9.17, 15) is 51.1 Å². The fourth-order valence-electron chi connectivity index (χ4n) is 5.60. The molecule has 0 aromatic heterocycles. The van der Waals surface area contributed by atoms with Gasteiger partial charge in [0.25, 0.3) is 11.9 Å². The average molecular weight is 465 g/mol. The number of rotatable bonds is 7. The van der Waals surface area contributed by atoms with Crippen LogP contribution in [0.1, 0.15) is 45.1 Å². The summed E-state index contributed by atoms with van der Waals surface area (Å²) < 4.78 is 0. The monoisotopic (exact) mass is 464 g/mol. The summed E-state index contributed by atoms with van der Waals surface area (Å²) in [7, 11) is 0. The molecule has 31 heavy (non-hydrogen) atoms. The molecule has 10 N–H and O–H groups in total. The Labute approximate surface area is 183 Å². The lowest BCUT2D eigenvalue weighted by Gasteiger charge is -2.50. The molecule has 0 radical (unpaired) electrons. The number of halogens is 1. The molecule has 0 bridgehead atoms. The van der Waals surface area contributed by atoms with Crippen molar-refractivity contribution in [1.82, 2.24) is 0 Å². The van der Waals surface area contributed by atoms with E-state index in [1.165, 1.54) is 0 Å². The molecule has 176 valence electrons. The lowest BCUT2D eigenvalue weighted by Crippen LogP contribution is -2.45. The molecular formula is C20H29ClO10. The van der Waals surface area contributed by atoms with E-state index in [2.05, 4.69) is 0 Å². The van der Waals surface area contributed by atoms with E-state index in [1.807, 2.05) is 13.8 Å². The topological polar surface area (TPSA) is 202 Å². The van der Waals surface area contributed by atoms with Crippen molar-refractivity contribution in [3.05, 3.63) is 10.6 Å². The molecule has 2 aliphatic rings. The fourth-order valence-corrected chi connectivity index (χ4v) is 5.78. The first-order valence-corrected chi connectivity index (χ1v) is 10.4. The van der Waals surface area contributed by atoms with E-state index in [0.29, 0.717) is 25.7 Å². The first kappa shape index (κ1) is 24.1. The SMILES string of the molecule is CC(C)CC(C1C(C(O)(O)O)C1C(O)(O)O)C1(c2c(O)c(O)c(Cl)c(O)c2O)CCC1. The van der Waals surface area contributed by atoms with Gasteiger partial charge in [0.2, 0.25) is 0 Å². The molecule has 0 heterocycles. The minimum atomic E-state index is -3.33. The normalized spacial score (nSPS) is 26.6. The number of benzene rings is 1. The number of aliphatic hydroxyl groups is 6. The number of hydrogen-bond donors (Lipinski definition) is 10. The van der Waals surface area contributed by atoms with Gasteiger partial charge in [-0.05, 0) is 37.0 Å². The second-order valence-corrected chi connectivity index (χ2v) is 9.71. The molecule has 0 aliphatic heterocycles. The Morgan fingerprint density at radius 1 is 0.839 bits per heavy atom. The third-order valence-corrected chi connectivity index (χ3v) is 7.31. The van der Waals surface area contributed by atoms with Gasteiger partial charge in [-0.3, -0.25) is 0 Å². The number of phenols is 4. The van der Waals surface area contributed by atoms with Gasteiger partial charge in [-0.1, -0.05) is 31.9 Å². The molecule has 2 aliphatic carbocycles. The number of aromatic hydroxyl groups is 4. The third-order valence-electron chi connectivity index (χ3n) is 6.95. The maximum absolute atomic E-state index is 10.6. The van der Waals surface area contributed by atoms with Crippen LogP contribution in [0, 0.1) is 29.6 Å². The zero-order valence-electron chi connectivity index (χ0n) is 17.1. The minimum Gasteiger partial charge on any atom is -0.504 e. The first-order valence-electron chi connectivity index (χ1n) is 10.1. The summed E-state index contributed by atoms with van der Waals surface area (Å²) in [4.78, 5) is 0. The quantitative estimate of drug-likeness (QED) is 0.152. The molecule has 1 aromatic carbocycles. The van der Waals surface area contributed by atoms with E-state index in [-0.39, 0.29) is 11.5 Å². The van der Waals surface area contributed by atoms with Crippen LogP contribution in [0.2, 0.25) is 5.02 Å². The summed E-state index contributed by atoms with van der Waals surface area (Å²) >= 11 is 5.76. The van der Waals surface area contributed by atoms with Crippen molar-refractivity contribution >= 4 is 11.6 Å². The standard InChI is InChI=1S/C20H29ClO10/c1-7(2)6-8(9-10(19(26,27)28)11(9)20(29,30)31)18(4-3-5-18)12-14(22)16(24)13(21)17(25)15(12)23/h7-11,22-31H,3-6H2,1-2H3. The van der Waals surface area contributed by atoms with E-state index in [0.717, 1.165) is 0 Å².